The molecule has 11 heteroatoms. The van der Waals surface area contributed by atoms with Crippen LogP contribution in [0.5, 0.6) is 17.2 Å². The number of piperidine rings is 2. The number of hydrogen-bond donors (Lipinski definition) is 1. The van der Waals surface area contributed by atoms with E-state index >= 15 is 4.79 Å². The van der Waals surface area contributed by atoms with Crippen molar-refractivity contribution in [3.63, 3.8) is 0 Å². The Morgan fingerprint density at radius 1 is 0.917 bits per heavy atom. The number of hydrogen-bond acceptors (Lipinski definition) is 10. The quantitative estimate of drug-likeness (QED) is 0.392. The van der Waals surface area contributed by atoms with Crippen LogP contribution >= 0.6 is 0 Å². The van der Waals surface area contributed by atoms with Crippen LogP contribution in [-0.4, -0.2) is 97.9 Å². The van der Waals surface area contributed by atoms with Crippen LogP contribution in [-0.2, 0) is 30.0 Å². The third-order valence-electron chi connectivity index (χ3n) is 13.9. The SMILES string of the molecule is COc1c([C@@]23CCN(C)[C@@]4(CCC(=O)N4c4c(O)cccc42)C3=O)cc2c(c1OC)N(C)[C@H]1C=C[C@@]34CCCN5CC[C@@]21[C@]53OC(=O)C4. The van der Waals surface area contributed by atoms with Gasteiger partial charge in [-0.15, -0.1) is 0 Å². The minimum absolute atomic E-state index is 0.0302. The van der Waals surface area contributed by atoms with Crippen LogP contribution in [0.2, 0.25) is 0 Å². The highest BCUT2D eigenvalue weighted by molar-refractivity contribution is 6.17. The van der Waals surface area contributed by atoms with Gasteiger partial charge in [0.15, 0.2) is 28.7 Å². The lowest BCUT2D eigenvalue weighted by atomic mass is 9.52. The zero-order valence-electron chi connectivity index (χ0n) is 27.8. The van der Waals surface area contributed by atoms with E-state index in [1.54, 1.807) is 31.3 Å². The van der Waals surface area contributed by atoms with Crippen molar-refractivity contribution in [3.05, 3.63) is 53.1 Å². The first kappa shape index (κ1) is 28.9. The lowest BCUT2D eigenvalue weighted by Crippen LogP contribution is -2.73. The predicted octanol–water partition coefficient (Wildman–Crippen LogP) is 3.19. The molecule has 5 fully saturated rings. The molecule has 1 amide bonds. The molecule has 7 heterocycles. The number of ketones is 1. The van der Waals surface area contributed by atoms with Crippen LogP contribution in [0.25, 0.3) is 0 Å². The number of phenols is 1. The van der Waals surface area contributed by atoms with Crippen molar-refractivity contribution in [1.29, 1.82) is 0 Å². The largest absolute Gasteiger partial charge is 0.506 e. The molecule has 0 unspecified atom stereocenters. The summed E-state index contributed by atoms with van der Waals surface area (Å²) in [6.07, 6.45) is 8.49. The highest BCUT2D eigenvalue weighted by Crippen LogP contribution is 2.73. The van der Waals surface area contributed by atoms with E-state index in [2.05, 4.69) is 35.1 Å². The lowest BCUT2D eigenvalue weighted by Gasteiger charge is -2.59. The van der Waals surface area contributed by atoms with E-state index in [9.17, 15) is 14.7 Å². The van der Waals surface area contributed by atoms with Gasteiger partial charge in [0.1, 0.15) is 5.75 Å². The van der Waals surface area contributed by atoms with Gasteiger partial charge >= 0.3 is 5.97 Å². The molecule has 8 aliphatic rings. The number of nitrogens with zero attached hydrogens (tertiary/aromatic N) is 4. The molecule has 1 aliphatic carbocycles. The topological polar surface area (TPSA) is 112 Å². The lowest BCUT2D eigenvalue weighted by molar-refractivity contribution is -0.207. The summed E-state index contributed by atoms with van der Waals surface area (Å²) in [4.78, 5) is 50.9. The number of Topliss-reactive ketones (excluding diaryl/α,β-unsaturated/α-hetero) is 1. The van der Waals surface area contributed by atoms with Gasteiger partial charge in [0.2, 0.25) is 5.91 Å². The molecule has 3 spiro atoms. The van der Waals surface area contributed by atoms with Crippen molar-refractivity contribution in [2.45, 2.75) is 73.2 Å². The van der Waals surface area contributed by atoms with Gasteiger partial charge in [0, 0.05) is 45.1 Å². The van der Waals surface area contributed by atoms with E-state index in [0.29, 0.717) is 54.1 Å². The number of para-hydroxylation sites is 1. The zero-order chi connectivity index (χ0) is 33.2. The number of carbonyl (C=O) groups is 3. The molecule has 0 radical (unpaired) electrons. The van der Waals surface area contributed by atoms with Crippen molar-refractivity contribution in [2.24, 2.45) is 5.41 Å². The number of amides is 1. The highest BCUT2D eigenvalue weighted by atomic mass is 16.6. The highest BCUT2D eigenvalue weighted by Gasteiger charge is 2.81. The van der Waals surface area contributed by atoms with Crippen molar-refractivity contribution in [3.8, 4) is 17.2 Å². The number of rotatable bonds is 3. The Bertz CT molecular complexity index is 1930. The molecule has 2 aromatic rings. The van der Waals surface area contributed by atoms with Crippen LogP contribution in [0.4, 0.5) is 11.4 Å². The summed E-state index contributed by atoms with van der Waals surface area (Å²) in [5.41, 5.74) is -0.900. The van der Waals surface area contributed by atoms with Crippen molar-refractivity contribution >= 4 is 29.0 Å². The van der Waals surface area contributed by atoms with Gasteiger partial charge in [-0.05, 0) is 56.0 Å². The second kappa shape index (κ2) is 8.73. The number of methoxy groups -OCH3 is 2. The first-order valence-electron chi connectivity index (χ1n) is 17.2. The number of esters is 1. The zero-order valence-corrected chi connectivity index (χ0v) is 27.8. The summed E-state index contributed by atoms with van der Waals surface area (Å²) in [5, 5.41) is 11.5. The molecule has 11 nitrogen and oxygen atoms in total. The van der Waals surface area contributed by atoms with Crippen molar-refractivity contribution in [1.82, 2.24) is 9.80 Å². The average molecular weight is 653 g/mol. The normalized spacial score (nSPS) is 38.7. The number of anilines is 2. The van der Waals surface area contributed by atoms with Crippen molar-refractivity contribution < 1.29 is 33.7 Å². The summed E-state index contributed by atoms with van der Waals surface area (Å²) in [6, 6.07) is 7.26. The Hall–Kier alpha value is -4.09. The monoisotopic (exact) mass is 652 g/mol. The summed E-state index contributed by atoms with van der Waals surface area (Å²) in [6.45, 7) is 2.18. The number of likely N-dealkylation sites (N-methyl/N-ethyl adjacent to an activating group) is 2. The maximum atomic E-state index is 15.6. The number of carbonyl (C=O) groups excluding carboxylic acids is 3. The van der Waals surface area contributed by atoms with Crippen LogP contribution in [0.1, 0.15) is 61.6 Å². The smallest absolute Gasteiger partial charge is 0.308 e. The summed E-state index contributed by atoms with van der Waals surface area (Å²) in [5.74, 6) is 0.532. The Balaban J connectivity index is 1.32. The second-order valence-corrected chi connectivity index (χ2v) is 15.2. The maximum absolute atomic E-state index is 15.6. The minimum Gasteiger partial charge on any atom is -0.506 e. The molecule has 5 saturated heterocycles. The Kier molecular flexibility index (Phi) is 5.25. The number of benzene rings is 2. The predicted molar refractivity (Wildman–Crippen MR) is 174 cm³/mol. The second-order valence-electron chi connectivity index (χ2n) is 15.2. The van der Waals surface area contributed by atoms with Crippen LogP contribution in [0.3, 0.4) is 0 Å². The first-order chi connectivity index (χ1) is 23.1. The molecule has 10 rings (SSSR count). The van der Waals surface area contributed by atoms with Gasteiger partial charge in [-0.3, -0.25) is 29.1 Å². The third kappa shape index (κ3) is 2.64. The number of phenolic OH excluding ortho intramolecular Hbond substituents is 1. The first-order valence-corrected chi connectivity index (χ1v) is 17.2. The van der Waals surface area contributed by atoms with E-state index in [-0.39, 0.29) is 35.9 Å². The van der Waals surface area contributed by atoms with E-state index in [1.807, 2.05) is 18.0 Å². The van der Waals surface area contributed by atoms with Gasteiger partial charge in [-0.25, -0.2) is 0 Å². The molecule has 2 aromatic carbocycles. The fourth-order valence-corrected chi connectivity index (χ4v) is 12.3. The molecular weight excluding hydrogens is 612 g/mol. The van der Waals surface area contributed by atoms with E-state index in [4.69, 9.17) is 14.2 Å². The fourth-order valence-electron chi connectivity index (χ4n) is 12.3. The van der Waals surface area contributed by atoms with Crippen molar-refractivity contribution in [2.75, 3.05) is 57.7 Å². The molecule has 0 aromatic heterocycles. The number of aromatic hydroxyl groups is 1. The minimum atomic E-state index is -1.25. The molecular formula is C37H40N4O7. The third-order valence-corrected chi connectivity index (χ3v) is 13.9. The Morgan fingerprint density at radius 2 is 1.73 bits per heavy atom. The standard InChI is InChI=1S/C37H40N4O7/c1-38-17-14-34(21-7-5-8-24(42)28(21)41-26(43)10-13-36(38,41)32(34)45)23-19-22-29(31(47-4)30(23)46-3)39(2)25-9-12-33-11-6-16-40-18-15-35(22,25)37(33,40)48-27(44)20-33/h5,7-9,12,19,25,42H,6,10-11,13-18,20H2,1-4H3/t25-,33+,34+,35+,36+,37-/m0/s1. The number of ether oxygens (including phenoxy) is 3. The molecule has 0 saturated carbocycles. The van der Waals surface area contributed by atoms with Gasteiger partial charge in [-0.2, -0.15) is 0 Å². The Labute approximate surface area is 279 Å². The van der Waals surface area contributed by atoms with Gasteiger partial charge < -0.3 is 24.2 Å². The molecule has 7 aliphatic heterocycles. The fraction of sp³-hybridized carbons (Fsp3) is 0.541. The van der Waals surface area contributed by atoms with Crippen LogP contribution in [0.15, 0.2) is 36.4 Å². The average Bonchev–Trinajstić information content (AvgIpc) is 3.77. The summed E-state index contributed by atoms with van der Waals surface area (Å²) < 4.78 is 19.3. The van der Waals surface area contributed by atoms with Gasteiger partial charge in [0.05, 0.1) is 54.3 Å². The van der Waals surface area contributed by atoms with E-state index < -0.39 is 27.6 Å². The molecule has 1 N–H and O–H groups in total. The molecule has 6 atom stereocenters. The maximum Gasteiger partial charge on any atom is 0.308 e. The van der Waals surface area contributed by atoms with Gasteiger partial charge in [0.25, 0.3) is 0 Å². The number of fused-ring (bicyclic) bond motifs is 5. The number of likely N-dealkylation sites (tertiary alicyclic amines) is 1. The Morgan fingerprint density at radius 3 is 2.52 bits per heavy atom. The molecule has 250 valence electrons. The van der Waals surface area contributed by atoms with Crippen LogP contribution < -0.4 is 19.3 Å². The van der Waals surface area contributed by atoms with E-state index in [0.717, 1.165) is 43.6 Å². The van der Waals surface area contributed by atoms with E-state index in [1.165, 1.54) is 0 Å². The summed E-state index contributed by atoms with van der Waals surface area (Å²) in [7, 11) is 7.21. The molecule has 2 bridgehead atoms. The van der Waals surface area contributed by atoms with Gasteiger partial charge in [-0.1, -0.05) is 24.3 Å². The molecule has 48 heavy (non-hydrogen) atoms. The van der Waals surface area contributed by atoms with Crippen LogP contribution in [0, 0.1) is 5.41 Å². The summed E-state index contributed by atoms with van der Waals surface area (Å²) >= 11 is 0.